The number of aromatic nitrogens is 2. The predicted octanol–water partition coefficient (Wildman–Crippen LogP) is 1.65. The van der Waals surface area contributed by atoms with E-state index < -0.39 is 0 Å². The molecule has 0 aromatic carbocycles. The fourth-order valence-corrected chi connectivity index (χ4v) is 2.47. The number of methoxy groups -OCH3 is 1. The minimum absolute atomic E-state index is 0.633. The van der Waals surface area contributed by atoms with E-state index in [2.05, 4.69) is 33.6 Å². The van der Waals surface area contributed by atoms with Gasteiger partial charge >= 0.3 is 0 Å². The first-order valence-electron chi connectivity index (χ1n) is 7.03. The first kappa shape index (κ1) is 14.1. The highest BCUT2D eigenvalue weighted by atomic mass is 16.5. The second-order valence-corrected chi connectivity index (χ2v) is 5.43. The van der Waals surface area contributed by atoms with Crippen LogP contribution in [0, 0.1) is 5.92 Å². The van der Waals surface area contributed by atoms with E-state index in [-0.39, 0.29) is 0 Å². The number of anilines is 1. The van der Waals surface area contributed by atoms with Gasteiger partial charge in [-0.3, -0.25) is 0 Å². The van der Waals surface area contributed by atoms with Crippen molar-refractivity contribution in [2.45, 2.75) is 20.3 Å². The average Bonchev–Trinajstić information content (AvgIpc) is 2.64. The van der Waals surface area contributed by atoms with Crippen LogP contribution in [0.25, 0.3) is 0 Å². The van der Waals surface area contributed by atoms with Crippen LogP contribution in [-0.4, -0.2) is 54.7 Å². The maximum Gasteiger partial charge on any atom is 0.228 e. The second-order valence-electron chi connectivity index (χ2n) is 5.43. The molecule has 2 rings (SSSR count). The second kappa shape index (κ2) is 6.70. The quantitative estimate of drug-likeness (QED) is 0.827. The van der Waals surface area contributed by atoms with Crippen LogP contribution in [0.4, 0.5) is 5.95 Å². The molecular formula is C14H24N4O. The smallest absolute Gasteiger partial charge is 0.228 e. The lowest BCUT2D eigenvalue weighted by Gasteiger charge is -2.23. The molecule has 1 saturated heterocycles. The summed E-state index contributed by atoms with van der Waals surface area (Å²) in [5.74, 6) is 2.14. The summed E-state index contributed by atoms with van der Waals surface area (Å²) in [6.45, 7) is 9.97. The van der Waals surface area contributed by atoms with Crippen LogP contribution in [-0.2, 0) is 0 Å². The van der Waals surface area contributed by atoms with Gasteiger partial charge in [-0.05, 0) is 18.9 Å². The molecule has 1 aliphatic rings. The lowest BCUT2D eigenvalue weighted by atomic mass is 10.2. The molecule has 0 unspecified atom stereocenters. The van der Waals surface area contributed by atoms with E-state index in [0.29, 0.717) is 5.88 Å². The predicted molar refractivity (Wildman–Crippen MR) is 76.7 cm³/mol. The van der Waals surface area contributed by atoms with Gasteiger partial charge in [0, 0.05) is 38.4 Å². The van der Waals surface area contributed by atoms with Gasteiger partial charge in [0.25, 0.3) is 0 Å². The molecule has 0 radical (unpaired) electrons. The maximum atomic E-state index is 5.16. The first-order valence-corrected chi connectivity index (χ1v) is 7.03. The third kappa shape index (κ3) is 4.06. The van der Waals surface area contributed by atoms with Crippen LogP contribution in [0.1, 0.15) is 20.3 Å². The fraction of sp³-hybridized carbons (Fsp3) is 0.714. The maximum absolute atomic E-state index is 5.16. The number of hydrogen-bond donors (Lipinski definition) is 0. The highest BCUT2D eigenvalue weighted by Gasteiger charge is 2.17. The Morgan fingerprint density at radius 2 is 2.11 bits per heavy atom. The normalized spacial score (nSPS) is 17.6. The summed E-state index contributed by atoms with van der Waals surface area (Å²) in [5.41, 5.74) is 0. The molecule has 0 atom stereocenters. The van der Waals surface area contributed by atoms with Gasteiger partial charge in [-0.1, -0.05) is 13.8 Å². The molecule has 1 aliphatic heterocycles. The van der Waals surface area contributed by atoms with Gasteiger partial charge < -0.3 is 14.5 Å². The summed E-state index contributed by atoms with van der Waals surface area (Å²) >= 11 is 0. The Hall–Kier alpha value is -1.36. The van der Waals surface area contributed by atoms with Gasteiger partial charge in [-0.15, -0.1) is 0 Å². The molecule has 106 valence electrons. The highest BCUT2D eigenvalue weighted by molar-refractivity contribution is 5.32. The minimum Gasteiger partial charge on any atom is -0.481 e. The molecule has 0 bridgehead atoms. The summed E-state index contributed by atoms with van der Waals surface area (Å²) in [5, 5.41) is 0. The Morgan fingerprint density at radius 1 is 1.26 bits per heavy atom. The third-order valence-corrected chi connectivity index (χ3v) is 3.32. The molecule has 1 aromatic heterocycles. The highest BCUT2D eigenvalue weighted by Crippen LogP contribution is 2.15. The summed E-state index contributed by atoms with van der Waals surface area (Å²) < 4.78 is 5.16. The van der Waals surface area contributed by atoms with Gasteiger partial charge in [0.1, 0.15) is 0 Å². The topological polar surface area (TPSA) is 41.5 Å². The van der Waals surface area contributed by atoms with E-state index >= 15 is 0 Å². The average molecular weight is 264 g/mol. The Kier molecular flexibility index (Phi) is 4.96. The Labute approximate surface area is 115 Å². The first-order chi connectivity index (χ1) is 9.19. The Morgan fingerprint density at radius 3 is 2.84 bits per heavy atom. The van der Waals surface area contributed by atoms with Crippen molar-refractivity contribution < 1.29 is 4.74 Å². The number of nitrogens with zero attached hydrogens (tertiary/aromatic N) is 4. The van der Waals surface area contributed by atoms with Gasteiger partial charge in [-0.25, -0.2) is 4.98 Å². The van der Waals surface area contributed by atoms with E-state index in [9.17, 15) is 0 Å². The zero-order valence-electron chi connectivity index (χ0n) is 12.2. The fourth-order valence-electron chi connectivity index (χ4n) is 2.47. The van der Waals surface area contributed by atoms with Crippen molar-refractivity contribution in [3.63, 3.8) is 0 Å². The number of hydrogen-bond acceptors (Lipinski definition) is 5. The van der Waals surface area contributed by atoms with Crippen molar-refractivity contribution in [2.75, 3.05) is 44.7 Å². The van der Waals surface area contributed by atoms with Crippen molar-refractivity contribution in [2.24, 2.45) is 5.92 Å². The monoisotopic (exact) mass is 264 g/mol. The molecule has 5 nitrogen and oxygen atoms in total. The zero-order valence-corrected chi connectivity index (χ0v) is 12.2. The van der Waals surface area contributed by atoms with Crippen LogP contribution in [0.15, 0.2) is 12.3 Å². The van der Waals surface area contributed by atoms with Gasteiger partial charge in [0.05, 0.1) is 7.11 Å². The molecule has 1 fully saturated rings. The number of rotatable bonds is 4. The lowest BCUT2D eigenvalue weighted by Crippen LogP contribution is -2.33. The van der Waals surface area contributed by atoms with E-state index in [1.165, 1.54) is 13.1 Å². The minimum atomic E-state index is 0.633. The van der Waals surface area contributed by atoms with Crippen LogP contribution >= 0.6 is 0 Å². The molecule has 0 saturated carbocycles. The summed E-state index contributed by atoms with van der Waals surface area (Å²) in [7, 11) is 1.64. The van der Waals surface area contributed by atoms with Crippen molar-refractivity contribution in [1.29, 1.82) is 0 Å². The number of ether oxygens (including phenoxy) is 1. The van der Waals surface area contributed by atoms with Crippen molar-refractivity contribution >= 4 is 5.95 Å². The summed E-state index contributed by atoms with van der Waals surface area (Å²) in [6, 6.07) is 1.78. The third-order valence-electron chi connectivity index (χ3n) is 3.32. The standard InChI is InChI=1S/C14H24N4O/c1-12(2)11-17-7-4-8-18(10-9-17)14-15-6-5-13(16-14)19-3/h5-6,12H,4,7-11H2,1-3H3. The molecule has 19 heavy (non-hydrogen) atoms. The Bertz CT molecular complexity index is 397. The Balaban J connectivity index is 1.98. The zero-order chi connectivity index (χ0) is 13.7. The van der Waals surface area contributed by atoms with Crippen LogP contribution in [0.3, 0.4) is 0 Å². The van der Waals surface area contributed by atoms with Crippen molar-refractivity contribution in [3.8, 4) is 5.88 Å². The van der Waals surface area contributed by atoms with Crippen molar-refractivity contribution in [3.05, 3.63) is 12.3 Å². The molecule has 0 N–H and O–H groups in total. The van der Waals surface area contributed by atoms with E-state index in [0.717, 1.165) is 37.9 Å². The molecule has 5 heteroatoms. The lowest BCUT2D eigenvalue weighted by molar-refractivity contribution is 0.261. The molecular weight excluding hydrogens is 240 g/mol. The van der Waals surface area contributed by atoms with Crippen LogP contribution < -0.4 is 9.64 Å². The van der Waals surface area contributed by atoms with Crippen LogP contribution in [0.2, 0.25) is 0 Å². The molecule has 0 aliphatic carbocycles. The summed E-state index contributed by atoms with van der Waals surface area (Å²) in [4.78, 5) is 13.6. The van der Waals surface area contributed by atoms with E-state index in [4.69, 9.17) is 4.74 Å². The van der Waals surface area contributed by atoms with Gasteiger partial charge in [0.2, 0.25) is 11.8 Å². The van der Waals surface area contributed by atoms with Gasteiger partial charge in [0.15, 0.2) is 0 Å². The molecule has 2 heterocycles. The van der Waals surface area contributed by atoms with E-state index in [1.54, 1.807) is 19.4 Å². The summed E-state index contributed by atoms with van der Waals surface area (Å²) in [6.07, 6.45) is 2.92. The SMILES string of the molecule is COc1ccnc(N2CCCN(CC(C)C)CC2)n1. The molecule has 0 amide bonds. The molecule has 1 aromatic rings. The van der Waals surface area contributed by atoms with Crippen LogP contribution in [0.5, 0.6) is 5.88 Å². The van der Waals surface area contributed by atoms with E-state index in [1.807, 2.05) is 0 Å². The largest absolute Gasteiger partial charge is 0.481 e. The van der Waals surface area contributed by atoms with Gasteiger partial charge in [-0.2, -0.15) is 4.98 Å². The van der Waals surface area contributed by atoms with Crippen molar-refractivity contribution in [1.82, 2.24) is 14.9 Å². The molecule has 0 spiro atoms.